The third-order valence-corrected chi connectivity index (χ3v) is 3.10. The number of rotatable bonds is 2. The molecule has 3 rings (SSSR count). The molecule has 0 aliphatic carbocycles. The third kappa shape index (κ3) is 1.84. The molecule has 0 fully saturated rings. The Labute approximate surface area is 99.8 Å². The molecule has 1 aliphatic heterocycles. The predicted molar refractivity (Wildman–Crippen MR) is 66.6 cm³/mol. The normalized spacial score (nSPS) is 14.1. The number of anilines is 2. The van der Waals surface area contributed by atoms with Crippen LogP contribution >= 0.6 is 0 Å². The average molecular weight is 229 g/mol. The highest BCUT2D eigenvalue weighted by atomic mass is 15.4. The van der Waals surface area contributed by atoms with E-state index in [-0.39, 0.29) is 0 Å². The fraction of sp³-hybridized carbons (Fsp3) is 0.333. The van der Waals surface area contributed by atoms with Crippen molar-refractivity contribution in [1.29, 1.82) is 0 Å². The maximum atomic E-state index is 5.79. The molecule has 88 valence electrons. The van der Waals surface area contributed by atoms with Gasteiger partial charge >= 0.3 is 0 Å². The minimum absolute atomic E-state index is 0.810. The Morgan fingerprint density at radius 3 is 3.06 bits per heavy atom. The zero-order valence-electron chi connectivity index (χ0n) is 9.80. The van der Waals surface area contributed by atoms with Crippen LogP contribution in [0.3, 0.4) is 0 Å². The molecule has 0 saturated carbocycles. The molecule has 1 aliphatic rings. The second-order valence-corrected chi connectivity index (χ2v) is 4.44. The van der Waals surface area contributed by atoms with E-state index in [0.717, 1.165) is 30.9 Å². The SMILES string of the molecule is Cn1cc(CN2CCc3cc(N)ccc32)nn1. The third-order valence-electron chi connectivity index (χ3n) is 3.10. The lowest BCUT2D eigenvalue weighted by atomic mass is 10.1. The maximum Gasteiger partial charge on any atom is 0.102 e. The molecule has 5 heteroatoms. The highest BCUT2D eigenvalue weighted by Crippen LogP contribution is 2.30. The maximum absolute atomic E-state index is 5.79. The van der Waals surface area contributed by atoms with Crippen LogP contribution < -0.4 is 10.6 Å². The zero-order chi connectivity index (χ0) is 11.8. The molecule has 2 heterocycles. The van der Waals surface area contributed by atoms with Crippen LogP contribution in [-0.4, -0.2) is 21.5 Å². The smallest absolute Gasteiger partial charge is 0.102 e. The highest BCUT2D eigenvalue weighted by molar-refractivity contribution is 5.62. The van der Waals surface area contributed by atoms with E-state index >= 15 is 0 Å². The average Bonchev–Trinajstić information content (AvgIpc) is 2.86. The van der Waals surface area contributed by atoms with Gasteiger partial charge in [-0.25, -0.2) is 0 Å². The van der Waals surface area contributed by atoms with Gasteiger partial charge in [0.1, 0.15) is 5.69 Å². The first-order chi connectivity index (χ1) is 8.22. The molecule has 1 aromatic carbocycles. The highest BCUT2D eigenvalue weighted by Gasteiger charge is 2.19. The van der Waals surface area contributed by atoms with E-state index in [1.807, 2.05) is 19.3 Å². The van der Waals surface area contributed by atoms with E-state index in [1.165, 1.54) is 11.3 Å². The summed E-state index contributed by atoms with van der Waals surface area (Å²) < 4.78 is 1.73. The summed E-state index contributed by atoms with van der Waals surface area (Å²) in [6.07, 6.45) is 3.01. The molecule has 1 aromatic heterocycles. The van der Waals surface area contributed by atoms with Crippen LogP contribution in [0, 0.1) is 0 Å². The van der Waals surface area contributed by atoms with E-state index in [0.29, 0.717) is 0 Å². The Balaban J connectivity index is 1.84. The minimum atomic E-state index is 0.810. The molecule has 0 spiro atoms. The van der Waals surface area contributed by atoms with E-state index in [1.54, 1.807) is 4.68 Å². The molecule has 0 saturated heterocycles. The Hall–Kier alpha value is -2.04. The molecular weight excluding hydrogens is 214 g/mol. The molecule has 0 radical (unpaired) electrons. The van der Waals surface area contributed by atoms with Crippen molar-refractivity contribution in [3.8, 4) is 0 Å². The summed E-state index contributed by atoms with van der Waals surface area (Å²) in [7, 11) is 1.88. The van der Waals surface area contributed by atoms with Crippen LogP contribution in [0.15, 0.2) is 24.4 Å². The van der Waals surface area contributed by atoms with Gasteiger partial charge in [0, 0.05) is 31.2 Å². The van der Waals surface area contributed by atoms with Crippen molar-refractivity contribution in [3.05, 3.63) is 35.7 Å². The molecule has 5 nitrogen and oxygen atoms in total. The van der Waals surface area contributed by atoms with Crippen LogP contribution in [0.5, 0.6) is 0 Å². The van der Waals surface area contributed by atoms with Crippen LogP contribution in [-0.2, 0) is 20.0 Å². The summed E-state index contributed by atoms with van der Waals surface area (Å²) in [6.45, 7) is 1.83. The van der Waals surface area contributed by atoms with Gasteiger partial charge in [-0.2, -0.15) is 0 Å². The Morgan fingerprint density at radius 2 is 2.29 bits per heavy atom. The fourth-order valence-electron chi connectivity index (χ4n) is 2.32. The van der Waals surface area contributed by atoms with Gasteiger partial charge in [0.15, 0.2) is 0 Å². The van der Waals surface area contributed by atoms with Gasteiger partial charge < -0.3 is 10.6 Å². The van der Waals surface area contributed by atoms with Gasteiger partial charge in [-0.05, 0) is 30.2 Å². The number of fused-ring (bicyclic) bond motifs is 1. The quantitative estimate of drug-likeness (QED) is 0.779. The molecule has 0 unspecified atom stereocenters. The van der Waals surface area contributed by atoms with Crippen molar-refractivity contribution in [2.24, 2.45) is 7.05 Å². The second-order valence-electron chi connectivity index (χ2n) is 4.44. The van der Waals surface area contributed by atoms with Crippen molar-refractivity contribution < 1.29 is 0 Å². The largest absolute Gasteiger partial charge is 0.399 e. The lowest BCUT2D eigenvalue weighted by Gasteiger charge is -2.17. The molecular formula is C12H15N5. The van der Waals surface area contributed by atoms with Crippen molar-refractivity contribution in [1.82, 2.24) is 15.0 Å². The van der Waals surface area contributed by atoms with Gasteiger partial charge in [0.05, 0.1) is 6.54 Å². The topological polar surface area (TPSA) is 60.0 Å². The molecule has 0 bridgehead atoms. The fourth-order valence-corrected chi connectivity index (χ4v) is 2.32. The monoisotopic (exact) mass is 229 g/mol. The van der Waals surface area contributed by atoms with Crippen LogP contribution in [0.1, 0.15) is 11.3 Å². The number of benzene rings is 1. The van der Waals surface area contributed by atoms with Crippen molar-refractivity contribution in [2.75, 3.05) is 17.2 Å². The van der Waals surface area contributed by atoms with E-state index in [2.05, 4.69) is 27.3 Å². The van der Waals surface area contributed by atoms with Crippen molar-refractivity contribution in [3.63, 3.8) is 0 Å². The zero-order valence-corrected chi connectivity index (χ0v) is 9.80. The van der Waals surface area contributed by atoms with E-state index in [9.17, 15) is 0 Å². The molecule has 2 aromatic rings. The summed E-state index contributed by atoms with van der Waals surface area (Å²) >= 11 is 0. The van der Waals surface area contributed by atoms with E-state index < -0.39 is 0 Å². The summed E-state index contributed by atoms with van der Waals surface area (Å²) in [4.78, 5) is 2.32. The van der Waals surface area contributed by atoms with Crippen LogP contribution in [0.2, 0.25) is 0 Å². The van der Waals surface area contributed by atoms with Crippen LogP contribution in [0.25, 0.3) is 0 Å². The number of nitrogen functional groups attached to an aromatic ring is 1. The van der Waals surface area contributed by atoms with Crippen LogP contribution in [0.4, 0.5) is 11.4 Å². The lowest BCUT2D eigenvalue weighted by molar-refractivity contribution is 0.712. The van der Waals surface area contributed by atoms with Gasteiger partial charge in [0.25, 0.3) is 0 Å². The number of hydrogen-bond acceptors (Lipinski definition) is 4. The summed E-state index contributed by atoms with van der Waals surface area (Å²) in [5, 5.41) is 8.07. The molecule has 2 N–H and O–H groups in total. The van der Waals surface area contributed by atoms with E-state index in [4.69, 9.17) is 5.73 Å². The second kappa shape index (κ2) is 3.76. The van der Waals surface area contributed by atoms with Crippen molar-refractivity contribution >= 4 is 11.4 Å². The number of nitrogens with zero attached hydrogens (tertiary/aromatic N) is 4. The molecule has 0 amide bonds. The first-order valence-corrected chi connectivity index (χ1v) is 5.71. The Kier molecular flexibility index (Phi) is 2.24. The minimum Gasteiger partial charge on any atom is -0.399 e. The number of aryl methyl sites for hydroxylation is 1. The number of aromatic nitrogens is 3. The molecule has 17 heavy (non-hydrogen) atoms. The Morgan fingerprint density at radius 1 is 1.41 bits per heavy atom. The first-order valence-electron chi connectivity index (χ1n) is 5.71. The summed E-state index contributed by atoms with van der Waals surface area (Å²) in [6, 6.07) is 6.11. The van der Waals surface area contributed by atoms with Gasteiger partial charge in [-0.3, -0.25) is 4.68 Å². The van der Waals surface area contributed by atoms with Gasteiger partial charge in [-0.1, -0.05) is 5.21 Å². The standard InChI is InChI=1S/C12H15N5/c1-16-7-11(14-15-16)8-17-5-4-9-6-10(13)2-3-12(9)17/h2-3,6-7H,4-5,8,13H2,1H3. The summed E-state index contributed by atoms with van der Waals surface area (Å²) in [5.74, 6) is 0. The van der Waals surface area contributed by atoms with Gasteiger partial charge in [-0.15, -0.1) is 5.10 Å². The predicted octanol–water partition coefficient (Wildman–Crippen LogP) is 0.960. The number of nitrogens with two attached hydrogens (primary N) is 1. The van der Waals surface area contributed by atoms with Gasteiger partial charge in [0.2, 0.25) is 0 Å². The first kappa shape index (κ1) is 10.1. The number of hydrogen-bond donors (Lipinski definition) is 1. The summed E-state index contributed by atoms with van der Waals surface area (Å²) in [5.41, 5.74) is 10.2. The Bertz CT molecular complexity index is 546. The van der Waals surface area contributed by atoms with Crippen molar-refractivity contribution in [2.45, 2.75) is 13.0 Å². The lowest BCUT2D eigenvalue weighted by Crippen LogP contribution is -2.19. The molecule has 0 atom stereocenters.